The Labute approximate surface area is 81.1 Å². The maximum atomic E-state index is 11.2. The fourth-order valence-electron chi connectivity index (χ4n) is 2.08. The minimum Gasteiger partial charge on any atom is -0.481 e. The molecule has 1 aromatic heterocycles. The van der Waals surface area contributed by atoms with Crippen LogP contribution in [0.3, 0.4) is 0 Å². The molecule has 5 heteroatoms. The van der Waals surface area contributed by atoms with Crippen LogP contribution in [-0.2, 0) is 11.2 Å². The van der Waals surface area contributed by atoms with E-state index in [0.717, 1.165) is 12.8 Å². The van der Waals surface area contributed by atoms with Gasteiger partial charge in [0, 0.05) is 6.42 Å². The number of carbonyl (C=O) groups is 1. The van der Waals surface area contributed by atoms with Crippen LogP contribution in [0.15, 0.2) is 10.9 Å². The Bertz CT molecular complexity index is 315. The number of aliphatic carboxylic acids is 1. The van der Waals surface area contributed by atoms with E-state index in [-0.39, 0.29) is 0 Å². The van der Waals surface area contributed by atoms with E-state index in [1.807, 2.05) is 0 Å². The van der Waals surface area contributed by atoms with Crippen LogP contribution in [-0.4, -0.2) is 21.2 Å². The number of nitrogens with zero attached hydrogens (tertiary/aromatic N) is 2. The monoisotopic (exact) mass is 196 g/mol. The molecular weight excluding hydrogens is 184 g/mol. The molecule has 2 rings (SSSR count). The van der Waals surface area contributed by atoms with E-state index >= 15 is 0 Å². The highest BCUT2D eigenvalue weighted by Gasteiger charge is 2.42. The van der Waals surface area contributed by atoms with Crippen molar-refractivity contribution in [3.05, 3.63) is 12.2 Å². The normalized spacial score (nSPS) is 19.7. The first-order valence-corrected chi connectivity index (χ1v) is 4.72. The van der Waals surface area contributed by atoms with Gasteiger partial charge in [-0.15, -0.1) is 0 Å². The van der Waals surface area contributed by atoms with Gasteiger partial charge in [-0.2, -0.15) is 4.98 Å². The lowest BCUT2D eigenvalue weighted by Crippen LogP contribution is -2.30. The minimum atomic E-state index is -0.742. The van der Waals surface area contributed by atoms with Crippen LogP contribution < -0.4 is 0 Å². The molecule has 5 nitrogen and oxygen atoms in total. The summed E-state index contributed by atoms with van der Waals surface area (Å²) in [6.45, 7) is 0. The number of aromatic nitrogens is 2. The zero-order valence-corrected chi connectivity index (χ0v) is 7.77. The Balaban J connectivity index is 2.16. The van der Waals surface area contributed by atoms with Crippen molar-refractivity contribution in [2.75, 3.05) is 0 Å². The van der Waals surface area contributed by atoms with Gasteiger partial charge in [-0.1, -0.05) is 18.0 Å². The molecule has 1 N–H and O–H groups in total. The van der Waals surface area contributed by atoms with Crippen molar-refractivity contribution in [2.45, 2.75) is 32.1 Å². The second-order valence-corrected chi connectivity index (χ2v) is 3.80. The first kappa shape index (κ1) is 9.18. The molecule has 0 amide bonds. The van der Waals surface area contributed by atoms with Crippen molar-refractivity contribution in [1.82, 2.24) is 10.1 Å². The van der Waals surface area contributed by atoms with Crippen molar-refractivity contribution in [3.63, 3.8) is 0 Å². The van der Waals surface area contributed by atoms with E-state index in [4.69, 9.17) is 4.52 Å². The summed E-state index contributed by atoms with van der Waals surface area (Å²) in [6.07, 6.45) is 5.04. The zero-order chi connectivity index (χ0) is 10.0. The third-order valence-electron chi connectivity index (χ3n) is 2.91. The average Bonchev–Trinajstić information content (AvgIpc) is 2.76. The average molecular weight is 196 g/mol. The second-order valence-electron chi connectivity index (χ2n) is 3.80. The van der Waals surface area contributed by atoms with E-state index in [1.165, 1.54) is 6.33 Å². The van der Waals surface area contributed by atoms with Gasteiger partial charge in [-0.05, 0) is 12.8 Å². The lowest BCUT2D eigenvalue weighted by molar-refractivity contribution is -0.148. The summed E-state index contributed by atoms with van der Waals surface area (Å²) in [7, 11) is 0. The topological polar surface area (TPSA) is 76.2 Å². The van der Waals surface area contributed by atoms with Gasteiger partial charge < -0.3 is 9.63 Å². The molecular formula is C9H12N2O3. The van der Waals surface area contributed by atoms with Gasteiger partial charge in [0.1, 0.15) is 0 Å². The van der Waals surface area contributed by atoms with Gasteiger partial charge in [0.2, 0.25) is 5.89 Å². The molecule has 0 bridgehead atoms. The van der Waals surface area contributed by atoms with Gasteiger partial charge >= 0.3 is 5.97 Å². The van der Waals surface area contributed by atoms with Crippen LogP contribution in [0.4, 0.5) is 0 Å². The Morgan fingerprint density at radius 1 is 1.57 bits per heavy atom. The van der Waals surface area contributed by atoms with Gasteiger partial charge in [-0.3, -0.25) is 4.79 Å². The molecule has 0 aromatic carbocycles. The molecule has 1 aliphatic carbocycles. The number of carboxylic acids is 1. The van der Waals surface area contributed by atoms with Gasteiger partial charge in [0.15, 0.2) is 6.33 Å². The summed E-state index contributed by atoms with van der Waals surface area (Å²) in [5.41, 5.74) is -0.660. The molecule has 0 aliphatic heterocycles. The molecule has 0 radical (unpaired) electrons. The van der Waals surface area contributed by atoms with Crippen LogP contribution in [0.5, 0.6) is 0 Å². The van der Waals surface area contributed by atoms with Crippen LogP contribution in [0.2, 0.25) is 0 Å². The fourth-order valence-corrected chi connectivity index (χ4v) is 2.08. The summed E-state index contributed by atoms with van der Waals surface area (Å²) in [6, 6.07) is 0. The lowest BCUT2D eigenvalue weighted by atomic mass is 9.83. The van der Waals surface area contributed by atoms with E-state index in [2.05, 4.69) is 10.1 Å². The predicted molar refractivity (Wildman–Crippen MR) is 46.5 cm³/mol. The highest BCUT2D eigenvalue weighted by Crippen LogP contribution is 2.40. The summed E-state index contributed by atoms with van der Waals surface area (Å²) in [5.74, 6) is -0.317. The van der Waals surface area contributed by atoms with Crippen molar-refractivity contribution >= 4 is 5.97 Å². The van der Waals surface area contributed by atoms with Gasteiger partial charge in [0.05, 0.1) is 5.41 Å². The molecule has 76 valence electrons. The second kappa shape index (κ2) is 3.40. The Kier molecular flexibility index (Phi) is 2.23. The quantitative estimate of drug-likeness (QED) is 0.787. The van der Waals surface area contributed by atoms with Crippen molar-refractivity contribution < 1.29 is 14.4 Å². The van der Waals surface area contributed by atoms with Gasteiger partial charge in [-0.25, -0.2) is 0 Å². The number of hydrogen-bond acceptors (Lipinski definition) is 4. The van der Waals surface area contributed by atoms with Crippen LogP contribution in [0.25, 0.3) is 0 Å². The maximum Gasteiger partial charge on any atom is 0.310 e. The molecule has 0 spiro atoms. The van der Waals surface area contributed by atoms with Crippen LogP contribution in [0.1, 0.15) is 31.6 Å². The van der Waals surface area contributed by atoms with E-state index in [1.54, 1.807) is 0 Å². The molecule has 1 aromatic rings. The summed E-state index contributed by atoms with van der Waals surface area (Å²) in [5, 5.41) is 12.6. The Morgan fingerprint density at radius 2 is 2.29 bits per heavy atom. The standard InChI is InChI=1S/C9H12N2O3/c12-8(13)9(3-1-2-4-9)5-7-10-6-11-14-7/h6H,1-5H2,(H,12,13). The van der Waals surface area contributed by atoms with Crippen molar-refractivity contribution in [3.8, 4) is 0 Å². The highest BCUT2D eigenvalue weighted by atomic mass is 16.5. The first-order valence-electron chi connectivity index (χ1n) is 4.72. The molecule has 1 heterocycles. The number of rotatable bonds is 3. The SMILES string of the molecule is O=C(O)C1(Cc2ncno2)CCCC1. The fraction of sp³-hybridized carbons (Fsp3) is 0.667. The molecule has 1 aliphatic rings. The Morgan fingerprint density at radius 3 is 2.79 bits per heavy atom. The predicted octanol–water partition coefficient (Wildman–Crippen LogP) is 1.26. The third-order valence-corrected chi connectivity index (χ3v) is 2.91. The van der Waals surface area contributed by atoms with Crippen molar-refractivity contribution in [1.29, 1.82) is 0 Å². The zero-order valence-electron chi connectivity index (χ0n) is 7.77. The summed E-state index contributed by atoms with van der Waals surface area (Å²) in [4.78, 5) is 15.0. The van der Waals surface area contributed by atoms with E-state index < -0.39 is 11.4 Å². The Hall–Kier alpha value is -1.39. The van der Waals surface area contributed by atoms with Gasteiger partial charge in [0.25, 0.3) is 0 Å². The molecule has 0 atom stereocenters. The third kappa shape index (κ3) is 1.49. The first-order chi connectivity index (χ1) is 6.73. The molecule has 0 saturated heterocycles. The molecule has 1 fully saturated rings. The van der Waals surface area contributed by atoms with E-state index in [9.17, 15) is 9.90 Å². The highest BCUT2D eigenvalue weighted by molar-refractivity contribution is 5.75. The molecule has 1 saturated carbocycles. The van der Waals surface area contributed by atoms with Crippen LogP contribution in [0, 0.1) is 5.41 Å². The van der Waals surface area contributed by atoms with Crippen LogP contribution >= 0.6 is 0 Å². The number of hydrogen-bond donors (Lipinski definition) is 1. The smallest absolute Gasteiger partial charge is 0.310 e. The van der Waals surface area contributed by atoms with E-state index in [0.29, 0.717) is 25.2 Å². The molecule has 0 unspecified atom stereocenters. The summed E-state index contributed by atoms with van der Waals surface area (Å²) >= 11 is 0. The maximum absolute atomic E-state index is 11.2. The summed E-state index contributed by atoms with van der Waals surface area (Å²) < 4.78 is 4.85. The molecule has 14 heavy (non-hydrogen) atoms. The minimum absolute atomic E-state index is 0.363. The van der Waals surface area contributed by atoms with Crippen molar-refractivity contribution in [2.24, 2.45) is 5.41 Å². The number of carboxylic acid groups (broad SMARTS) is 1. The largest absolute Gasteiger partial charge is 0.481 e. The lowest BCUT2D eigenvalue weighted by Gasteiger charge is -2.20.